The summed E-state index contributed by atoms with van der Waals surface area (Å²) < 4.78 is 18.5. The van der Waals surface area contributed by atoms with Crippen molar-refractivity contribution in [1.29, 1.82) is 0 Å². The Labute approximate surface area is 148 Å². The van der Waals surface area contributed by atoms with Gasteiger partial charge in [0.1, 0.15) is 11.5 Å². The van der Waals surface area contributed by atoms with Crippen molar-refractivity contribution in [2.45, 2.75) is 80.4 Å². The molecule has 0 aromatic heterocycles. The first-order chi connectivity index (χ1) is 11.1. The normalized spacial score (nSPS) is 21.6. The topological polar surface area (TPSA) is 27.7 Å². The molecule has 0 aromatic carbocycles. The zero-order valence-electron chi connectivity index (χ0n) is 16.9. The van der Waals surface area contributed by atoms with Crippen LogP contribution in [0.15, 0.2) is 22.9 Å². The molecule has 0 aliphatic carbocycles. The molecule has 3 heteroatoms. The maximum Gasteiger partial charge on any atom is 0.247 e. The second-order valence-corrected chi connectivity index (χ2v) is 8.46. The first kappa shape index (κ1) is 19.2. The molecule has 0 aromatic rings. The summed E-state index contributed by atoms with van der Waals surface area (Å²) in [4.78, 5) is 0. The van der Waals surface area contributed by atoms with Gasteiger partial charge in [-0.1, -0.05) is 48.5 Å². The molecule has 0 amide bonds. The quantitative estimate of drug-likeness (QED) is 0.569. The average Bonchev–Trinajstić information content (AvgIpc) is 3.10. The zero-order valence-corrected chi connectivity index (χ0v) is 16.9. The minimum atomic E-state index is -0.537. The van der Waals surface area contributed by atoms with E-state index in [1.165, 1.54) is 11.3 Å². The van der Waals surface area contributed by atoms with Crippen molar-refractivity contribution < 1.29 is 14.2 Å². The molecule has 0 spiro atoms. The molecular weight excluding hydrogens is 300 g/mol. The summed E-state index contributed by atoms with van der Waals surface area (Å²) in [6.45, 7) is 18.4. The largest absolute Gasteiger partial charge is 0.497 e. The Bertz CT molecular complexity index is 491. The summed E-state index contributed by atoms with van der Waals surface area (Å²) in [5.74, 6) is 4.43. The van der Waals surface area contributed by atoms with Crippen molar-refractivity contribution in [2.75, 3.05) is 6.61 Å². The third-order valence-electron chi connectivity index (χ3n) is 5.06. The van der Waals surface area contributed by atoms with Crippen molar-refractivity contribution >= 4 is 0 Å². The van der Waals surface area contributed by atoms with Gasteiger partial charge in [0.15, 0.2) is 0 Å². The lowest BCUT2D eigenvalue weighted by Crippen LogP contribution is -2.28. The maximum absolute atomic E-state index is 6.27. The molecule has 0 saturated carbocycles. The highest BCUT2D eigenvalue weighted by molar-refractivity contribution is 5.17. The molecule has 0 bridgehead atoms. The highest BCUT2D eigenvalue weighted by atomic mass is 16.7. The summed E-state index contributed by atoms with van der Waals surface area (Å²) >= 11 is 0. The van der Waals surface area contributed by atoms with Crippen LogP contribution >= 0.6 is 0 Å². The van der Waals surface area contributed by atoms with E-state index in [-0.39, 0.29) is 0 Å². The second kappa shape index (κ2) is 7.41. The summed E-state index contributed by atoms with van der Waals surface area (Å²) in [6.07, 6.45) is 2.97. The molecule has 0 radical (unpaired) electrons. The van der Waals surface area contributed by atoms with E-state index in [4.69, 9.17) is 14.2 Å². The van der Waals surface area contributed by atoms with Crippen LogP contribution in [0.25, 0.3) is 0 Å². The molecule has 2 rings (SSSR count). The zero-order chi connectivity index (χ0) is 18.1. The van der Waals surface area contributed by atoms with Gasteiger partial charge in [-0.25, -0.2) is 0 Å². The molecular formula is C21H36O3. The average molecular weight is 337 g/mol. The van der Waals surface area contributed by atoms with Crippen LogP contribution in [-0.4, -0.2) is 12.4 Å². The van der Waals surface area contributed by atoms with Crippen LogP contribution in [0.5, 0.6) is 0 Å². The van der Waals surface area contributed by atoms with Gasteiger partial charge in [-0.15, -0.1) is 0 Å². The lowest BCUT2D eigenvalue weighted by molar-refractivity contribution is -0.151. The molecule has 138 valence electrons. The van der Waals surface area contributed by atoms with Gasteiger partial charge in [0.2, 0.25) is 5.79 Å². The summed E-state index contributed by atoms with van der Waals surface area (Å²) in [5, 5.41) is 0. The van der Waals surface area contributed by atoms with E-state index in [1.54, 1.807) is 0 Å². The molecule has 0 fully saturated rings. The van der Waals surface area contributed by atoms with Gasteiger partial charge in [0, 0.05) is 37.5 Å². The highest BCUT2D eigenvalue weighted by Gasteiger charge is 2.40. The number of ether oxygens (including phenoxy) is 3. The SMILES string of the molecule is CC(C)C1=C(C(C)CCC2(C)OC(C(C)C)=C(C(C)C)O2)OCC1. The van der Waals surface area contributed by atoms with Crippen LogP contribution < -0.4 is 0 Å². The van der Waals surface area contributed by atoms with Gasteiger partial charge in [0.05, 0.1) is 12.4 Å². The molecule has 0 N–H and O–H groups in total. The number of allylic oxidation sites excluding steroid dienone is 3. The fourth-order valence-corrected chi connectivity index (χ4v) is 3.62. The van der Waals surface area contributed by atoms with Crippen molar-refractivity contribution in [3.63, 3.8) is 0 Å². The smallest absolute Gasteiger partial charge is 0.247 e. The van der Waals surface area contributed by atoms with E-state index in [0.717, 1.165) is 37.4 Å². The fourth-order valence-electron chi connectivity index (χ4n) is 3.62. The molecule has 3 nitrogen and oxygen atoms in total. The molecule has 2 aliphatic rings. The fraction of sp³-hybridized carbons (Fsp3) is 0.810. The van der Waals surface area contributed by atoms with Crippen LogP contribution in [0, 0.1) is 23.7 Å². The van der Waals surface area contributed by atoms with Gasteiger partial charge in [0.25, 0.3) is 0 Å². The Morgan fingerprint density at radius 3 is 1.83 bits per heavy atom. The van der Waals surface area contributed by atoms with Gasteiger partial charge >= 0.3 is 0 Å². The molecule has 1 atom stereocenters. The van der Waals surface area contributed by atoms with E-state index in [2.05, 4.69) is 55.4 Å². The lowest BCUT2D eigenvalue weighted by atomic mass is 9.92. The minimum Gasteiger partial charge on any atom is -0.497 e. The van der Waals surface area contributed by atoms with E-state index >= 15 is 0 Å². The first-order valence-electron chi connectivity index (χ1n) is 9.62. The molecule has 2 heterocycles. The predicted octanol–water partition coefficient (Wildman–Crippen LogP) is 6.02. The minimum absolute atomic E-state index is 0.357. The molecule has 1 unspecified atom stereocenters. The number of hydrogen-bond acceptors (Lipinski definition) is 3. The van der Waals surface area contributed by atoms with Crippen LogP contribution in [-0.2, 0) is 14.2 Å². The van der Waals surface area contributed by atoms with E-state index in [9.17, 15) is 0 Å². The van der Waals surface area contributed by atoms with Crippen LogP contribution in [0.4, 0.5) is 0 Å². The molecule has 24 heavy (non-hydrogen) atoms. The van der Waals surface area contributed by atoms with Crippen molar-refractivity contribution in [2.24, 2.45) is 23.7 Å². The third kappa shape index (κ3) is 4.10. The van der Waals surface area contributed by atoms with Crippen molar-refractivity contribution in [3.05, 3.63) is 22.9 Å². The van der Waals surface area contributed by atoms with Crippen LogP contribution in [0.3, 0.4) is 0 Å². The summed E-state index contributed by atoms with van der Waals surface area (Å²) in [7, 11) is 0. The summed E-state index contributed by atoms with van der Waals surface area (Å²) in [5.41, 5.74) is 1.49. The highest BCUT2D eigenvalue weighted by Crippen LogP contribution is 2.42. The van der Waals surface area contributed by atoms with Crippen LogP contribution in [0.2, 0.25) is 0 Å². The Kier molecular flexibility index (Phi) is 5.93. The Morgan fingerprint density at radius 2 is 1.38 bits per heavy atom. The number of hydrogen-bond donors (Lipinski definition) is 0. The van der Waals surface area contributed by atoms with Gasteiger partial charge in [-0.2, -0.15) is 0 Å². The molecule has 2 aliphatic heterocycles. The van der Waals surface area contributed by atoms with Gasteiger partial charge < -0.3 is 14.2 Å². The predicted molar refractivity (Wildman–Crippen MR) is 98.1 cm³/mol. The second-order valence-electron chi connectivity index (χ2n) is 8.46. The number of rotatable bonds is 7. The Hall–Kier alpha value is -1.12. The summed E-state index contributed by atoms with van der Waals surface area (Å²) in [6, 6.07) is 0. The lowest BCUT2D eigenvalue weighted by Gasteiger charge is -2.27. The van der Waals surface area contributed by atoms with Gasteiger partial charge in [-0.05, 0) is 17.9 Å². The van der Waals surface area contributed by atoms with Crippen molar-refractivity contribution in [1.82, 2.24) is 0 Å². The maximum atomic E-state index is 6.27. The van der Waals surface area contributed by atoms with Gasteiger partial charge in [-0.3, -0.25) is 0 Å². The van der Waals surface area contributed by atoms with E-state index in [0.29, 0.717) is 23.7 Å². The monoisotopic (exact) mass is 336 g/mol. The van der Waals surface area contributed by atoms with Crippen molar-refractivity contribution in [3.8, 4) is 0 Å². The molecule has 0 saturated heterocycles. The standard InChI is InChI=1S/C21H36O3/c1-13(2)17-10-12-22-20(17)16(7)9-11-21(8)23-18(14(3)4)19(24-21)15(5)6/h13-16H,9-12H2,1-8H3. The van der Waals surface area contributed by atoms with E-state index in [1.807, 2.05) is 0 Å². The first-order valence-corrected chi connectivity index (χ1v) is 9.62. The Morgan fingerprint density at radius 1 is 0.833 bits per heavy atom. The van der Waals surface area contributed by atoms with E-state index < -0.39 is 5.79 Å². The Balaban J connectivity index is 2.01. The third-order valence-corrected chi connectivity index (χ3v) is 5.06. The van der Waals surface area contributed by atoms with Crippen LogP contribution in [0.1, 0.15) is 74.7 Å².